The van der Waals surface area contributed by atoms with Gasteiger partial charge in [-0.3, -0.25) is 57.5 Å². The molecule has 10 atom stereocenters. The van der Waals surface area contributed by atoms with Crippen molar-refractivity contribution in [2.75, 3.05) is 13.1 Å². The number of amides is 12. The second kappa shape index (κ2) is 39.3. The molecule has 0 radical (unpaired) electrons. The van der Waals surface area contributed by atoms with Crippen molar-refractivity contribution >= 4 is 70.9 Å². The molecule has 10 aromatic rings. The molecule has 624 valence electrons. The normalized spacial score (nSPS) is 16.9. The molecule has 122 heavy (non-hydrogen) atoms. The number of carbonyl (C=O) groups excluding carboxylic acids is 12. The average molecular weight is 1640 g/mol. The number of hydrogen-bond donors (Lipinski definition) is 12. The molecule has 3 saturated heterocycles. The van der Waals surface area contributed by atoms with Crippen molar-refractivity contribution in [2.24, 2.45) is 0 Å². The Kier molecular flexibility index (Phi) is 27.5. The van der Waals surface area contributed by atoms with E-state index in [1.54, 1.807) is 84.9 Å². The van der Waals surface area contributed by atoms with Crippen molar-refractivity contribution in [3.8, 4) is 11.5 Å². The fourth-order valence-electron chi connectivity index (χ4n) is 16.5. The van der Waals surface area contributed by atoms with Crippen LogP contribution in [0.15, 0.2) is 291 Å². The fraction of sp³-hybridized carbons (Fsp3) is 0.250. The van der Waals surface area contributed by atoms with Crippen LogP contribution in [-0.2, 0) is 94.3 Å². The monoisotopic (exact) mass is 1640 g/mol. The van der Waals surface area contributed by atoms with Gasteiger partial charge in [0, 0.05) is 64.7 Å². The molecule has 0 aliphatic carbocycles. The Morgan fingerprint density at radius 3 is 0.803 bits per heavy atom. The number of nitrogens with one attached hydrogen (secondary N) is 10. The Morgan fingerprint density at radius 1 is 0.311 bits per heavy atom. The lowest BCUT2D eigenvalue weighted by Gasteiger charge is -2.38. The predicted octanol–water partition coefficient (Wildman–Crippen LogP) is 6.50. The summed E-state index contributed by atoms with van der Waals surface area (Å²) in [7, 11) is 0. The van der Waals surface area contributed by atoms with Crippen molar-refractivity contribution in [3.05, 3.63) is 347 Å². The molecule has 3 aliphatic rings. The molecule has 3 aliphatic heterocycles. The van der Waals surface area contributed by atoms with Crippen LogP contribution in [0, 0.1) is 0 Å². The number of hydrogen-bond acceptors (Lipinski definition) is 14. The van der Waals surface area contributed by atoms with Crippen molar-refractivity contribution < 1.29 is 67.7 Å². The second-order valence-corrected chi connectivity index (χ2v) is 31.0. The number of carbonyl (C=O) groups is 12. The number of piperazine rings is 1. The standard InChI is InChI=1S/C96H96N12O14/c1-61(109)97-77(51-63-27-11-3-12-28-63)89(117)103-81(57-85(113)105-95(67-31-15-5-16-32-67,68-33-17-6-18-34-68)69-35-19-7-20-36-69)91(119)101-79(53-65-43-47-75(111)48-44-65)87(115)99-73-55-83-93(121)108-60-74(56-84(108)94(122)107(83)59-73)100-88(116)80(54-66-45-49-76(112)50-46-66)102-92(120)82(104-90(118)78(98-62(2)110)52-64-29-13-4-14-30-64)58-86(114)106-96(70-37-21-8-22-38-70,71-39-23-9-24-40-71)72-41-25-10-26-42-72/h3-50,73-74,77-84,111-112H,51-60H2,1-2H3,(H,97,109)(H,98,110)(H,99,115)(H,100,116)(H,101,119)(H,102,120)(H,103,117)(H,104,118)(H,105,113)(H,106,114)/t73-,74-,77-,78-,79-,80-,81-,82-,83+,84+/m0/s1. The maximum absolute atomic E-state index is 15.4. The quantitative estimate of drug-likeness (QED) is 0.0192. The van der Waals surface area contributed by atoms with Gasteiger partial charge >= 0.3 is 0 Å². The molecule has 13 rings (SSSR count). The fourth-order valence-corrected chi connectivity index (χ4v) is 16.5. The van der Waals surface area contributed by atoms with E-state index in [1.165, 1.54) is 47.9 Å². The summed E-state index contributed by atoms with van der Waals surface area (Å²) in [5.74, 6) is -8.79. The van der Waals surface area contributed by atoms with Gasteiger partial charge in [0.2, 0.25) is 70.9 Å². The lowest BCUT2D eigenvalue weighted by atomic mass is 9.77. The molecule has 0 saturated carbocycles. The van der Waals surface area contributed by atoms with Crippen LogP contribution in [0.5, 0.6) is 11.5 Å². The molecule has 0 spiro atoms. The third-order valence-corrected chi connectivity index (χ3v) is 22.3. The Bertz CT molecular complexity index is 4810. The Hall–Kier alpha value is -14.6. The maximum atomic E-state index is 15.4. The van der Waals surface area contributed by atoms with Gasteiger partial charge in [-0.25, -0.2) is 0 Å². The van der Waals surface area contributed by atoms with Crippen LogP contribution in [0.3, 0.4) is 0 Å². The minimum absolute atomic E-state index is 0.0100. The Labute approximate surface area is 706 Å². The van der Waals surface area contributed by atoms with Gasteiger partial charge in [-0.2, -0.15) is 0 Å². The molecule has 0 bridgehead atoms. The van der Waals surface area contributed by atoms with Crippen LogP contribution in [-0.4, -0.2) is 164 Å². The minimum Gasteiger partial charge on any atom is -0.508 e. The number of nitrogens with zero attached hydrogens (tertiary/aromatic N) is 2. The van der Waals surface area contributed by atoms with E-state index in [2.05, 4.69) is 53.2 Å². The van der Waals surface area contributed by atoms with Crippen molar-refractivity contribution in [1.82, 2.24) is 63.0 Å². The van der Waals surface area contributed by atoms with Gasteiger partial charge < -0.3 is 73.2 Å². The van der Waals surface area contributed by atoms with Gasteiger partial charge in [0.15, 0.2) is 0 Å². The van der Waals surface area contributed by atoms with Gasteiger partial charge in [0.05, 0.1) is 12.8 Å². The van der Waals surface area contributed by atoms with Gasteiger partial charge in [0.25, 0.3) is 0 Å². The van der Waals surface area contributed by atoms with Gasteiger partial charge in [-0.05, 0) is 92.7 Å². The summed E-state index contributed by atoms with van der Waals surface area (Å²) in [6.07, 6.45) is -2.03. The Balaban J connectivity index is 0.733. The summed E-state index contributed by atoms with van der Waals surface area (Å²) >= 11 is 0. The Morgan fingerprint density at radius 2 is 0.541 bits per heavy atom. The zero-order valence-corrected chi connectivity index (χ0v) is 67.2. The minimum atomic E-state index is -1.72. The van der Waals surface area contributed by atoms with Crippen LogP contribution in [0.2, 0.25) is 0 Å². The number of aromatic hydroxyl groups is 2. The van der Waals surface area contributed by atoms with Gasteiger partial charge in [-0.15, -0.1) is 0 Å². The number of rotatable bonds is 34. The summed E-state index contributed by atoms with van der Waals surface area (Å²) in [5, 5.41) is 49.7. The van der Waals surface area contributed by atoms with Gasteiger partial charge in [-0.1, -0.05) is 267 Å². The number of phenolic OH excluding ortho intramolecular Hbond substituents is 2. The average Bonchev–Trinajstić information content (AvgIpc) is 1.59. The zero-order chi connectivity index (χ0) is 85.9. The highest BCUT2D eigenvalue weighted by Crippen LogP contribution is 2.40. The summed E-state index contributed by atoms with van der Waals surface area (Å²) in [5.41, 5.74) is 3.51. The highest BCUT2D eigenvalue weighted by Gasteiger charge is 2.55. The first-order valence-corrected chi connectivity index (χ1v) is 40.6. The number of fused-ring (bicyclic) bond motifs is 2. The topological polar surface area (TPSA) is 372 Å². The summed E-state index contributed by atoms with van der Waals surface area (Å²) in [6, 6.07) is 71.9. The van der Waals surface area contributed by atoms with Crippen LogP contribution >= 0.6 is 0 Å². The van der Waals surface area contributed by atoms with Crippen LogP contribution in [0.25, 0.3) is 0 Å². The molecule has 26 nitrogen and oxygen atoms in total. The predicted molar refractivity (Wildman–Crippen MR) is 455 cm³/mol. The van der Waals surface area contributed by atoms with Gasteiger partial charge in [0.1, 0.15) is 70.9 Å². The van der Waals surface area contributed by atoms with Crippen LogP contribution in [0.1, 0.15) is 95.2 Å². The van der Waals surface area contributed by atoms with E-state index in [1.807, 2.05) is 182 Å². The molecule has 12 amide bonds. The van der Waals surface area contributed by atoms with Crippen LogP contribution in [0.4, 0.5) is 0 Å². The SMILES string of the molecule is CC(=O)N[C@@H](Cc1ccccc1)C(=O)N[C@@H](CC(=O)NC(c1ccccc1)(c1ccccc1)c1ccccc1)C(=O)N[C@@H](Cc1ccc(O)cc1)C(=O)N[C@H]1C[C@@H]2C(=O)N3C[C@@H](NC(=O)[C@H](Cc4ccc(O)cc4)NC(=O)[C@H](CC(=O)NC(c4ccccc4)(c4ccccc4)c4ccccc4)NC(=O)[C@H](Cc4ccccc4)NC(C)=O)C[C@@H]3C(=O)N2C1. The zero-order valence-electron chi connectivity index (χ0n) is 67.2. The lowest BCUT2D eigenvalue weighted by Crippen LogP contribution is -2.60. The van der Waals surface area contributed by atoms with Crippen molar-refractivity contribution in [1.29, 1.82) is 0 Å². The smallest absolute Gasteiger partial charge is 0.246 e. The van der Waals surface area contributed by atoms with Crippen molar-refractivity contribution in [2.45, 2.75) is 137 Å². The molecule has 26 heteroatoms. The lowest BCUT2D eigenvalue weighted by molar-refractivity contribution is -0.156. The molecule has 3 fully saturated rings. The van der Waals surface area contributed by atoms with E-state index in [9.17, 15) is 39.0 Å². The molecule has 0 unspecified atom stereocenters. The summed E-state index contributed by atoms with van der Waals surface area (Å²) < 4.78 is 0. The van der Waals surface area contributed by atoms with E-state index in [0.717, 1.165) is 0 Å². The third-order valence-electron chi connectivity index (χ3n) is 22.3. The molecular weight excluding hydrogens is 1550 g/mol. The molecule has 10 aromatic carbocycles. The maximum Gasteiger partial charge on any atom is 0.246 e. The highest BCUT2D eigenvalue weighted by molar-refractivity contribution is 6.01. The molecular formula is C96H96N12O14. The second-order valence-electron chi connectivity index (χ2n) is 31.0. The first kappa shape index (κ1) is 85.3. The van der Waals surface area contributed by atoms with Crippen LogP contribution < -0.4 is 53.2 Å². The molecule has 0 aromatic heterocycles. The molecule has 3 heterocycles. The highest BCUT2D eigenvalue weighted by atomic mass is 16.3. The number of phenols is 2. The first-order valence-electron chi connectivity index (χ1n) is 40.6. The largest absolute Gasteiger partial charge is 0.508 e. The van der Waals surface area contributed by atoms with E-state index in [0.29, 0.717) is 55.6 Å². The number of benzene rings is 10. The molecule has 12 N–H and O–H groups in total. The van der Waals surface area contributed by atoms with E-state index >= 15 is 28.8 Å². The first-order chi connectivity index (χ1) is 59.0. The third kappa shape index (κ3) is 20.7. The van der Waals surface area contributed by atoms with E-state index in [-0.39, 0.29) is 63.1 Å². The van der Waals surface area contributed by atoms with E-state index in [4.69, 9.17) is 0 Å². The summed E-state index contributed by atoms with van der Waals surface area (Å²) in [4.78, 5) is 179. The van der Waals surface area contributed by atoms with E-state index < -0.39 is 155 Å². The van der Waals surface area contributed by atoms with Crippen molar-refractivity contribution in [3.63, 3.8) is 0 Å². The summed E-state index contributed by atoms with van der Waals surface area (Å²) in [6.45, 7) is 2.15.